The summed E-state index contributed by atoms with van der Waals surface area (Å²) in [5, 5.41) is 11.1. The monoisotopic (exact) mass is 528 g/mol. The summed E-state index contributed by atoms with van der Waals surface area (Å²) in [7, 11) is 2.17. The molecule has 4 aliphatic rings. The Hall–Kier alpha value is -3.50. The zero-order valence-electron chi connectivity index (χ0n) is 23.1. The van der Waals surface area contributed by atoms with Crippen molar-refractivity contribution in [3.63, 3.8) is 0 Å². The number of nitrogens with zero attached hydrogens (tertiary/aromatic N) is 2. The predicted molar refractivity (Wildman–Crippen MR) is 147 cm³/mol. The SMILES string of the molecule is CC(=O)Oc1cc(O)c2c3c1C[C@@H]1[C@@H]4CC[C@@H](N(CC(C)C)C(=O)C#Cc5ccccc5)[C@H](O2)[C@]34CCN1C. The molecular formula is C32H36N2O5. The van der Waals surface area contributed by atoms with Crippen LogP contribution in [0.4, 0.5) is 0 Å². The van der Waals surface area contributed by atoms with Crippen LogP contribution in [0.2, 0.25) is 0 Å². The fraction of sp³-hybridized carbons (Fsp3) is 0.500. The molecule has 2 aliphatic heterocycles. The molecule has 2 fully saturated rings. The Morgan fingerprint density at radius 2 is 2.03 bits per heavy atom. The largest absolute Gasteiger partial charge is 0.504 e. The molecule has 39 heavy (non-hydrogen) atoms. The van der Waals surface area contributed by atoms with Gasteiger partial charge in [0.1, 0.15) is 11.9 Å². The van der Waals surface area contributed by atoms with Crippen molar-refractivity contribution in [2.45, 2.75) is 70.1 Å². The molecule has 2 aromatic carbocycles. The van der Waals surface area contributed by atoms with E-state index in [1.807, 2.05) is 35.2 Å². The van der Waals surface area contributed by atoms with Gasteiger partial charge >= 0.3 is 5.97 Å². The number of likely N-dealkylation sites (N-methyl/N-ethyl adjacent to an activating group) is 1. The maximum Gasteiger partial charge on any atom is 0.308 e. The Balaban J connectivity index is 1.45. The number of ether oxygens (including phenoxy) is 2. The van der Waals surface area contributed by atoms with E-state index in [1.165, 1.54) is 13.0 Å². The molecule has 2 aliphatic carbocycles. The first-order valence-electron chi connectivity index (χ1n) is 14.0. The molecule has 1 N–H and O–H groups in total. The van der Waals surface area contributed by atoms with Crippen LogP contribution in [-0.2, 0) is 21.4 Å². The summed E-state index contributed by atoms with van der Waals surface area (Å²) >= 11 is 0. The number of hydrogen-bond donors (Lipinski definition) is 1. The number of esters is 1. The number of aromatic hydroxyl groups is 1. The highest BCUT2D eigenvalue weighted by Gasteiger charge is 2.67. The average Bonchev–Trinajstić information content (AvgIpc) is 3.25. The second-order valence-corrected chi connectivity index (χ2v) is 12.0. The minimum Gasteiger partial charge on any atom is -0.504 e. The minimum absolute atomic E-state index is 0.00532. The Labute approximate surface area is 230 Å². The Bertz CT molecular complexity index is 1380. The fourth-order valence-corrected chi connectivity index (χ4v) is 7.81. The topological polar surface area (TPSA) is 79.3 Å². The van der Waals surface area contributed by atoms with Crippen molar-refractivity contribution in [2.75, 3.05) is 20.1 Å². The molecule has 7 heteroatoms. The van der Waals surface area contributed by atoms with Crippen LogP contribution in [0.1, 0.15) is 56.7 Å². The molecule has 1 spiro atoms. The average molecular weight is 529 g/mol. The molecule has 2 bridgehead atoms. The maximum atomic E-state index is 13.7. The first-order chi connectivity index (χ1) is 18.7. The molecule has 0 radical (unpaired) electrons. The molecule has 1 saturated heterocycles. The molecule has 2 heterocycles. The normalized spacial score (nSPS) is 28.1. The molecule has 5 atom stereocenters. The Morgan fingerprint density at radius 1 is 1.26 bits per heavy atom. The summed E-state index contributed by atoms with van der Waals surface area (Å²) in [5.74, 6) is 6.84. The van der Waals surface area contributed by atoms with Gasteiger partial charge in [-0.15, -0.1) is 0 Å². The third-order valence-electron chi connectivity index (χ3n) is 9.22. The maximum absolute atomic E-state index is 13.7. The first kappa shape index (κ1) is 25.8. The van der Waals surface area contributed by atoms with Crippen molar-refractivity contribution in [3.05, 3.63) is 53.1 Å². The van der Waals surface area contributed by atoms with Crippen LogP contribution in [0.15, 0.2) is 36.4 Å². The summed E-state index contributed by atoms with van der Waals surface area (Å²) < 4.78 is 12.4. The van der Waals surface area contributed by atoms with Crippen LogP contribution in [0.25, 0.3) is 0 Å². The highest BCUT2D eigenvalue weighted by atomic mass is 16.5. The molecule has 2 aromatic rings. The quantitative estimate of drug-likeness (QED) is 0.369. The smallest absolute Gasteiger partial charge is 0.308 e. The number of piperidine rings is 1. The number of benzene rings is 2. The van der Waals surface area contributed by atoms with E-state index >= 15 is 0 Å². The third-order valence-corrected chi connectivity index (χ3v) is 9.22. The van der Waals surface area contributed by atoms with Gasteiger partial charge in [0, 0.05) is 53.6 Å². The zero-order chi connectivity index (χ0) is 27.5. The van der Waals surface area contributed by atoms with E-state index in [9.17, 15) is 14.7 Å². The molecule has 204 valence electrons. The van der Waals surface area contributed by atoms with Crippen LogP contribution in [-0.4, -0.2) is 65.1 Å². The molecule has 1 saturated carbocycles. The summed E-state index contributed by atoms with van der Waals surface area (Å²) in [5.41, 5.74) is 2.40. The van der Waals surface area contributed by atoms with Crippen LogP contribution >= 0.6 is 0 Å². The number of carbonyl (C=O) groups excluding carboxylic acids is 2. The molecule has 6 rings (SSSR count). The lowest BCUT2D eigenvalue weighted by atomic mass is 9.51. The van der Waals surface area contributed by atoms with E-state index in [1.54, 1.807) is 0 Å². The summed E-state index contributed by atoms with van der Waals surface area (Å²) in [6, 6.07) is 11.2. The van der Waals surface area contributed by atoms with Gasteiger partial charge in [-0.3, -0.25) is 9.59 Å². The third kappa shape index (κ3) is 4.08. The van der Waals surface area contributed by atoms with Gasteiger partial charge in [0.25, 0.3) is 5.91 Å². The van der Waals surface area contributed by atoms with E-state index in [-0.39, 0.29) is 41.2 Å². The van der Waals surface area contributed by atoms with Crippen molar-refractivity contribution in [1.82, 2.24) is 9.80 Å². The van der Waals surface area contributed by atoms with E-state index in [2.05, 4.69) is 37.6 Å². The first-order valence-corrected chi connectivity index (χ1v) is 14.0. The molecular weight excluding hydrogens is 492 g/mol. The summed E-state index contributed by atoms with van der Waals surface area (Å²) in [6.07, 6.45) is 3.06. The number of likely N-dealkylation sites (tertiary alicyclic amines) is 1. The molecule has 0 unspecified atom stereocenters. The van der Waals surface area contributed by atoms with Gasteiger partial charge < -0.3 is 24.4 Å². The van der Waals surface area contributed by atoms with Gasteiger partial charge in [-0.1, -0.05) is 38.0 Å². The second-order valence-electron chi connectivity index (χ2n) is 12.0. The van der Waals surface area contributed by atoms with Crippen molar-refractivity contribution >= 4 is 11.9 Å². The Kier molecular flexibility index (Phi) is 6.34. The van der Waals surface area contributed by atoms with E-state index < -0.39 is 5.97 Å². The van der Waals surface area contributed by atoms with Gasteiger partial charge in [0.2, 0.25) is 0 Å². The zero-order valence-corrected chi connectivity index (χ0v) is 23.1. The van der Waals surface area contributed by atoms with Gasteiger partial charge in [0.15, 0.2) is 11.5 Å². The van der Waals surface area contributed by atoms with Crippen molar-refractivity contribution in [2.24, 2.45) is 11.8 Å². The number of hydrogen-bond acceptors (Lipinski definition) is 6. The number of phenols is 1. The van der Waals surface area contributed by atoms with Crippen molar-refractivity contribution in [1.29, 1.82) is 0 Å². The highest BCUT2D eigenvalue weighted by molar-refractivity contribution is 5.94. The number of amides is 1. The standard InChI is InChI=1S/C32H36N2O5/c1-19(2)18-34(28(37)13-10-21-8-6-5-7-9-21)24-12-11-23-25-16-22-27(38-20(3)35)17-26(36)30-29(22)32(23,31(24)39-30)14-15-33(25)4/h5-9,17,19,23-25,31,36H,11-12,14-16,18H2,1-4H3/t23-,24+,25+,31-,32-/m0/s1. The lowest BCUT2D eigenvalue weighted by Gasteiger charge is -2.60. The Morgan fingerprint density at radius 3 is 2.74 bits per heavy atom. The molecule has 1 amide bonds. The van der Waals surface area contributed by atoms with E-state index in [4.69, 9.17) is 9.47 Å². The lowest BCUT2D eigenvalue weighted by molar-refractivity contribution is -0.137. The van der Waals surface area contributed by atoms with Crippen LogP contribution in [0, 0.1) is 23.7 Å². The predicted octanol–water partition coefficient (Wildman–Crippen LogP) is 3.89. The number of rotatable bonds is 4. The minimum atomic E-state index is -0.411. The fourth-order valence-electron chi connectivity index (χ4n) is 7.81. The van der Waals surface area contributed by atoms with Gasteiger partial charge in [-0.05, 0) is 63.2 Å². The van der Waals surface area contributed by atoms with Crippen LogP contribution < -0.4 is 9.47 Å². The lowest BCUT2D eigenvalue weighted by Crippen LogP contribution is -2.68. The van der Waals surface area contributed by atoms with Crippen molar-refractivity contribution in [3.8, 4) is 29.1 Å². The van der Waals surface area contributed by atoms with Gasteiger partial charge in [-0.2, -0.15) is 0 Å². The van der Waals surface area contributed by atoms with E-state index in [0.717, 1.165) is 48.9 Å². The van der Waals surface area contributed by atoms with Crippen LogP contribution in [0.5, 0.6) is 17.2 Å². The summed E-state index contributed by atoms with van der Waals surface area (Å²) in [4.78, 5) is 30.0. The van der Waals surface area contributed by atoms with Crippen LogP contribution in [0.3, 0.4) is 0 Å². The second kappa shape index (κ2) is 9.60. The highest BCUT2D eigenvalue weighted by Crippen LogP contribution is 2.65. The van der Waals surface area contributed by atoms with E-state index in [0.29, 0.717) is 24.0 Å². The number of phenolic OH excluding ortho intramolecular Hbond substituents is 1. The summed E-state index contributed by atoms with van der Waals surface area (Å²) in [6.45, 7) is 7.08. The van der Waals surface area contributed by atoms with Gasteiger partial charge in [0.05, 0.1) is 6.04 Å². The molecule has 0 aromatic heterocycles. The number of carbonyl (C=O) groups is 2. The van der Waals surface area contributed by atoms with Gasteiger partial charge in [-0.25, -0.2) is 0 Å². The molecule has 7 nitrogen and oxygen atoms in total. The van der Waals surface area contributed by atoms with Crippen molar-refractivity contribution < 1.29 is 24.2 Å².